The summed E-state index contributed by atoms with van der Waals surface area (Å²) in [6.07, 6.45) is 2.71. The van der Waals surface area contributed by atoms with Crippen LogP contribution >= 0.6 is 11.6 Å². The van der Waals surface area contributed by atoms with Gasteiger partial charge in [-0.3, -0.25) is 4.90 Å². The van der Waals surface area contributed by atoms with Crippen molar-refractivity contribution in [1.29, 1.82) is 0 Å². The summed E-state index contributed by atoms with van der Waals surface area (Å²) in [5.74, 6) is 0.792. The first-order valence-electron chi connectivity index (χ1n) is 8.27. The van der Waals surface area contributed by atoms with E-state index in [4.69, 9.17) is 16.0 Å². The largest absolute Gasteiger partial charge is 0.422 e. The van der Waals surface area contributed by atoms with Crippen molar-refractivity contribution in [1.82, 2.24) is 14.9 Å². The Morgan fingerprint density at radius 2 is 2.16 bits per heavy atom. The summed E-state index contributed by atoms with van der Waals surface area (Å²) >= 11 is 6.55. The first kappa shape index (κ1) is 16.2. The first-order valence-corrected chi connectivity index (χ1v) is 8.64. The summed E-state index contributed by atoms with van der Waals surface area (Å²) in [5, 5.41) is 1.27. The van der Waals surface area contributed by atoms with Gasteiger partial charge in [-0.15, -0.1) is 0 Å². The van der Waals surface area contributed by atoms with Gasteiger partial charge in [0.25, 0.3) is 0 Å². The summed E-state index contributed by atoms with van der Waals surface area (Å²) in [4.78, 5) is 23.4. The molecule has 0 unspecified atom stereocenters. The van der Waals surface area contributed by atoms with Gasteiger partial charge in [-0.2, -0.15) is 0 Å². The Bertz CT molecular complexity index is 1030. The number of hydrogen-bond acceptors (Lipinski definition) is 5. The Labute approximate surface area is 150 Å². The molecular weight excluding hydrogens is 338 g/mol. The van der Waals surface area contributed by atoms with Crippen molar-refractivity contribution in [3.05, 3.63) is 68.0 Å². The molecule has 0 amide bonds. The monoisotopic (exact) mass is 355 g/mol. The second kappa shape index (κ2) is 6.24. The van der Waals surface area contributed by atoms with Gasteiger partial charge in [0.05, 0.1) is 10.6 Å². The van der Waals surface area contributed by atoms with Gasteiger partial charge < -0.3 is 4.42 Å². The lowest BCUT2D eigenvalue weighted by atomic mass is 10.1. The zero-order valence-electron chi connectivity index (χ0n) is 14.2. The maximum Gasteiger partial charge on any atom is 0.342 e. The molecule has 0 N–H and O–H groups in total. The van der Waals surface area contributed by atoms with Gasteiger partial charge in [-0.25, -0.2) is 14.8 Å². The highest BCUT2D eigenvalue weighted by molar-refractivity contribution is 6.36. The number of halogens is 1. The molecule has 0 saturated carbocycles. The van der Waals surface area contributed by atoms with Crippen molar-refractivity contribution in [3.8, 4) is 0 Å². The van der Waals surface area contributed by atoms with Crippen molar-refractivity contribution >= 4 is 22.6 Å². The van der Waals surface area contributed by atoms with Crippen LogP contribution < -0.4 is 5.63 Å². The minimum Gasteiger partial charge on any atom is -0.422 e. The zero-order chi connectivity index (χ0) is 17.6. The molecule has 0 atom stereocenters. The Kier molecular flexibility index (Phi) is 4.06. The van der Waals surface area contributed by atoms with Crippen molar-refractivity contribution in [2.75, 3.05) is 6.54 Å². The molecule has 6 heteroatoms. The van der Waals surface area contributed by atoms with Gasteiger partial charge >= 0.3 is 5.63 Å². The van der Waals surface area contributed by atoms with E-state index in [2.05, 4.69) is 14.9 Å². The summed E-state index contributed by atoms with van der Waals surface area (Å²) in [6.45, 7) is 5.87. The molecule has 2 aromatic heterocycles. The summed E-state index contributed by atoms with van der Waals surface area (Å²) in [6, 6.07) is 5.65. The summed E-state index contributed by atoms with van der Waals surface area (Å²) in [5.41, 5.74) is 3.94. The molecule has 3 aromatic rings. The number of rotatable bonds is 2. The van der Waals surface area contributed by atoms with Crippen LogP contribution in [0.25, 0.3) is 11.0 Å². The minimum atomic E-state index is -0.368. The number of benzene rings is 1. The van der Waals surface area contributed by atoms with E-state index in [0.29, 0.717) is 29.3 Å². The van der Waals surface area contributed by atoms with E-state index in [9.17, 15) is 4.79 Å². The summed E-state index contributed by atoms with van der Waals surface area (Å²) in [7, 11) is 0. The molecule has 3 heterocycles. The minimum absolute atomic E-state index is 0.368. The van der Waals surface area contributed by atoms with Crippen LogP contribution in [0.2, 0.25) is 5.02 Å². The lowest BCUT2D eigenvalue weighted by Gasteiger charge is -2.27. The molecule has 25 heavy (non-hydrogen) atoms. The number of aromatic nitrogens is 2. The number of fused-ring (bicyclic) bond motifs is 2. The van der Waals surface area contributed by atoms with Crippen LogP contribution in [0.3, 0.4) is 0 Å². The van der Waals surface area contributed by atoms with Gasteiger partial charge in [-0.1, -0.05) is 23.2 Å². The SMILES string of the molecule is Cc1ccc2oc(=O)c(CN3CCc4nc(C)ncc4C3)c(Cl)c2c1. The predicted molar refractivity (Wildman–Crippen MR) is 96.8 cm³/mol. The van der Waals surface area contributed by atoms with Crippen molar-refractivity contribution in [2.24, 2.45) is 0 Å². The average molecular weight is 356 g/mol. The van der Waals surface area contributed by atoms with E-state index >= 15 is 0 Å². The van der Waals surface area contributed by atoms with Gasteiger partial charge in [0.15, 0.2) is 0 Å². The number of hydrogen-bond donors (Lipinski definition) is 0. The highest BCUT2D eigenvalue weighted by Gasteiger charge is 2.21. The molecule has 1 aliphatic heterocycles. The molecule has 0 radical (unpaired) electrons. The summed E-state index contributed by atoms with van der Waals surface area (Å²) < 4.78 is 5.46. The van der Waals surface area contributed by atoms with E-state index in [0.717, 1.165) is 41.0 Å². The fourth-order valence-electron chi connectivity index (χ4n) is 3.28. The standard InChI is InChI=1S/C19H18ClN3O2/c1-11-3-4-17-14(7-11)18(20)15(19(24)25-17)10-23-6-5-16-13(9-23)8-21-12(2)22-16/h3-4,7-8H,5-6,9-10H2,1-2H3. The number of aryl methyl sites for hydroxylation is 2. The van der Waals surface area contributed by atoms with E-state index in [1.807, 2.05) is 32.2 Å². The normalized spacial score (nSPS) is 14.7. The topological polar surface area (TPSA) is 59.2 Å². The third kappa shape index (κ3) is 3.05. The van der Waals surface area contributed by atoms with Crippen LogP contribution in [0.15, 0.2) is 33.6 Å². The zero-order valence-corrected chi connectivity index (χ0v) is 14.9. The smallest absolute Gasteiger partial charge is 0.342 e. The first-order chi connectivity index (χ1) is 12.0. The second-order valence-corrected chi connectivity index (χ2v) is 6.91. The third-order valence-corrected chi connectivity index (χ3v) is 5.03. The van der Waals surface area contributed by atoms with Gasteiger partial charge in [-0.05, 0) is 26.0 Å². The molecule has 128 valence electrons. The average Bonchev–Trinajstić information content (AvgIpc) is 2.59. The molecular formula is C19H18ClN3O2. The van der Waals surface area contributed by atoms with Crippen molar-refractivity contribution in [2.45, 2.75) is 33.4 Å². The van der Waals surface area contributed by atoms with E-state index in [-0.39, 0.29) is 5.63 Å². The lowest BCUT2D eigenvalue weighted by Crippen LogP contribution is -2.32. The van der Waals surface area contributed by atoms with E-state index in [1.54, 1.807) is 6.07 Å². The van der Waals surface area contributed by atoms with Crippen LogP contribution in [-0.2, 0) is 19.5 Å². The van der Waals surface area contributed by atoms with Crippen LogP contribution in [0.4, 0.5) is 0 Å². The Morgan fingerprint density at radius 3 is 3.00 bits per heavy atom. The highest BCUT2D eigenvalue weighted by atomic mass is 35.5. The third-order valence-electron chi connectivity index (χ3n) is 4.60. The highest BCUT2D eigenvalue weighted by Crippen LogP contribution is 2.28. The van der Waals surface area contributed by atoms with Crippen LogP contribution in [-0.4, -0.2) is 21.4 Å². The van der Waals surface area contributed by atoms with Crippen LogP contribution in [0.1, 0.15) is 28.2 Å². The predicted octanol–water partition coefficient (Wildman–Crippen LogP) is 3.41. The van der Waals surface area contributed by atoms with Gasteiger partial charge in [0, 0.05) is 48.9 Å². The van der Waals surface area contributed by atoms with E-state index in [1.165, 1.54) is 0 Å². The molecule has 5 nitrogen and oxygen atoms in total. The Balaban J connectivity index is 1.67. The van der Waals surface area contributed by atoms with Crippen molar-refractivity contribution in [3.63, 3.8) is 0 Å². The molecule has 4 rings (SSSR count). The van der Waals surface area contributed by atoms with Crippen LogP contribution in [0, 0.1) is 13.8 Å². The Morgan fingerprint density at radius 1 is 1.32 bits per heavy atom. The second-order valence-electron chi connectivity index (χ2n) is 6.53. The number of nitrogens with zero attached hydrogens (tertiary/aromatic N) is 3. The molecule has 0 saturated heterocycles. The molecule has 0 bridgehead atoms. The molecule has 0 fully saturated rings. The molecule has 1 aromatic carbocycles. The molecule has 0 aliphatic carbocycles. The lowest BCUT2D eigenvalue weighted by molar-refractivity contribution is 0.239. The molecule has 1 aliphatic rings. The fraction of sp³-hybridized carbons (Fsp3) is 0.316. The van der Waals surface area contributed by atoms with E-state index < -0.39 is 0 Å². The maximum atomic E-state index is 12.4. The quantitative estimate of drug-likeness (QED) is 0.659. The van der Waals surface area contributed by atoms with Crippen LogP contribution in [0.5, 0.6) is 0 Å². The Hall–Kier alpha value is -2.24. The fourth-order valence-corrected chi connectivity index (χ4v) is 3.57. The van der Waals surface area contributed by atoms with Gasteiger partial charge in [0.1, 0.15) is 11.4 Å². The molecule has 0 spiro atoms. The van der Waals surface area contributed by atoms with Gasteiger partial charge in [0.2, 0.25) is 0 Å². The maximum absolute atomic E-state index is 12.4. The van der Waals surface area contributed by atoms with Crippen molar-refractivity contribution < 1.29 is 4.42 Å².